The largest absolute Gasteiger partial charge is 0.507 e. The number of likely N-dealkylation sites (tertiary alicyclic amines) is 2. The van der Waals surface area contributed by atoms with Crippen LogP contribution in [0.1, 0.15) is 117 Å². The summed E-state index contributed by atoms with van der Waals surface area (Å²) in [5.74, 6) is 1.35. The lowest BCUT2D eigenvalue weighted by molar-refractivity contribution is -0.141. The first kappa shape index (κ1) is 49.1. The molecule has 0 bridgehead atoms. The summed E-state index contributed by atoms with van der Waals surface area (Å²) in [7, 11) is 0. The van der Waals surface area contributed by atoms with Crippen molar-refractivity contribution in [2.45, 2.75) is 122 Å². The van der Waals surface area contributed by atoms with Crippen LogP contribution in [-0.4, -0.2) is 125 Å². The molecule has 1 saturated carbocycles. The van der Waals surface area contributed by atoms with Crippen LogP contribution >= 0.6 is 11.3 Å². The number of nitrogens with zero attached hydrogens (tertiary/aromatic N) is 10. The molecule has 0 radical (unpaired) electrons. The van der Waals surface area contributed by atoms with E-state index in [1.54, 1.807) is 23.5 Å². The third kappa shape index (κ3) is 9.43. The van der Waals surface area contributed by atoms with Crippen LogP contribution in [0.25, 0.3) is 32.7 Å². The van der Waals surface area contributed by atoms with Crippen LogP contribution in [0, 0.1) is 18.3 Å². The highest BCUT2D eigenvalue weighted by atomic mass is 32.1. The van der Waals surface area contributed by atoms with Crippen molar-refractivity contribution < 1.29 is 24.3 Å². The number of rotatable bonds is 12. The highest BCUT2D eigenvalue weighted by molar-refractivity contribution is 7.13. The number of thiazole rings is 1. The van der Waals surface area contributed by atoms with Gasteiger partial charge in [0.15, 0.2) is 17.2 Å². The second-order valence-corrected chi connectivity index (χ2v) is 23.1. The molecule has 4 aliphatic heterocycles. The number of aliphatic hydroxyl groups is 1. The fraction of sp³-hybridized carbons (Fsp3) is 0.474. The van der Waals surface area contributed by atoms with Gasteiger partial charge < -0.3 is 44.6 Å². The van der Waals surface area contributed by atoms with Gasteiger partial charge in [-0.25, -0.2) is 15.0 Å². The number of fused-ring (bicyclic) bond motifs is 3. The van der Waals surface area contributed by atoms with Crippen LogP contribution in [0.3, 0.4) is 0 Å². The van der Waals surface area contributed by atoms with Gasteiger partial charge in [0.2, 0.25) is 17.8 Å². The zero-order valence-corrected chi connectivity index (χ0v) is 44.0. The predicted molar refractivity (Wildman–Crippen MR) is 287 cm³/mol. The minimum absolute atomic E-state index is 0.0290. The molecule has 4 fully saturated rings. The summed E-state index contributed by atoms with van der Waals surface area (Å²) in [4.78, 5) is 55.7. The van der Waals surface area contributed by atoms with Crippen LogP contribution in [0.4, 0.5) is 11.8 Å². The molecule has 1 spiro atoms. The Hall–Kier alpha value is -6.76. The summed E-state index contributed by atoms with van der Waals surface area (Å²) < 4.78 is 5.97. The average molecular weight is 1030 g/mol. The zero-order valence-electron chi connectivity index (χ0n) is 43.2. The van der Waals surface area contributed by atoms with E-state index in [0.29, 0.717) is 40.9 Å². The molecule has 18 heteroatoms. The quantitative estimate of drug-likeness (QED) is 0.0909. The number of carbonyl (C=O) groups excluding carboxylic acids is 2. The molecular formula is C57H66N12O5S. The number of aryl methyl sites for hydroxylation is 1. The Bertz CT molecular complexity index is 3180. The topological polar surface area (TPSA) is 206 Å². The number of aliphatic hydroxyl groups excluding tert-OH is 1. The molecule has 75 heavy (non-hydrogen) atoms. The number of carbonyl (C=O) groups is 2. The number of piperidine rings is 2. The highest BCUT2D eigenvalue weighted by Crippen LogP contribution is 2.52. The molecule has 390 valence electrons. The van der Waals surface area contributed by atoms with Gasteiger partial charge in [-0.1, -0.05) is 55.4 Å². The van der Waals surface area contributed by atoms with Gasteiger partial charge in [-0.2, -0.15) is 0 Å². The fourth-order valence-electron chi connectivity index (χ4n) is 13.0. The third-order valence-electron chi connectivity index (χ3n) is 17.3. The monoisotopic (exact) mass is 1030 g/mol. The number of anilines is 2. The van der Waals surface area contributed by atoms with Gasteiger partial charge in [-0.15, -0.1) is 21.5 Å². The van der Waals surface area contributed by atoms with E-state index in [-0.39, 0.29) is 42.5 Å². The van der Waals surface area contributed by atoms with Gasteiger partial charge in [0.1, 0.15) is 17.7 Å². The highest BCUT2D eigenvalue weighted by Gasteiger charge is 2.49. The van der Waals surface area contributed by atoms with E-state index < -0.39 is 18.1 Å². The first-order valence-corrected chi connectivity index (χ1v) is 27.7. The number of phenols is 1. The van der Waals surface area contributed by atoms with Crippen molar-refractivity contribution in [3.8, 4) is 27.4 Å². The molecule has 9 heterocycles. The van der Waals surface area contributed by atoms with Crippen molar-refractivity contribution in [1.82, 2.24) is 50.4 Å². The molecule has 3 saturated heterocycles. The second-order valence-electron chi connectivity index (χ2n) is 22.2. The minimum atomic E-state index is -0.790. The summed E-state index contributed by atoms with van der Waals surface area (Å²) in [6, 6.07) is 19.1. The van der Waals surface area contributed by atoms with E-state index in [1.165, 1.54) is 28.9 Å². The summed E-state index contributed by atoms with van der Waals surface area (Å²) in [5, 5.41) is 38.7. The molecule has 5 aliphatic rings. The van der Waals surface area contributed by atoms with Crippen LogP contribution in [0.2, 0.25) is 0 Å². The smallest absolute Gasteiger partial charge is 0.243 e. The predicted octanol–water partition coefficient (Wildman–Crippen LogP) is 8.31. The Morgan fingerprint density at radius 1 is 0.960 bits per heavy atom. The second kappa shape index (κ2) is 20.1. The summed E-state index contributed by atoms with van der Waals surface area (Å²) in [5.41, 5.74) is 10.8. The summed E-state index contributed by atoms with van der Waals surface area (Å²) in [6.07, 6.45) is 11.2. The van der Waals surface area contributed by atoms with Gasteiger partial charge in [0.05, 0.1) is 33.9 Å². The number of H-pyrrole nitrogens is 1. The standard InChI is InChI=1S/C57H66N12O5S/c1-33(2)50(55(73)69-31-41(70)23-46(69)54(72)58-28-36-9-11-38(12-10-36)52-34(3)61-32-75-52)48-25-49(65-74-48)67-21-16-57(17-22-67)26-40(27-57)66-18-13-37(14-19-66)39-29-59-56(60-30-39)68-20-15-44-51(35(68)4)43-24-45(63-64-53(43)62-44)42-7-5-6-8-47(42)71/h5-12,24-25,29-30,32-33,35,37,40-41,46,50,70-71H,13-23,26-28,31H2,1-4H3,(H,58,72)(H,62,64)/t35-,41-,46+,50?/m1/s1. The molecule has 5 aromatic heterocycles. The molecule has 4 atom stereocenters. The number of para-hydroxylation sites is 1. The normalized spacial score (nSPS) is 21.7. The first-order valence-electron chi connectivity index (χ1n) is 26.8. The Kier molecular flexibility index (Phi) is 13.1. The van der Waals surface area contributed by atoms with Crippen molar-refractivity contribution in [3.63, 3.8) is 0 Å². The van der Waals surface area contributed by atoms with Crippen molar-refractivity contribution in [2.24, 2.45) is 11.3 Å². The van der Waals surface area contributed by atoms with Crippen molar-refractivity contribution in [2.75, 3.05) is 49.1 Å². The van der Waals surface area contributed by atoms with Gasteiger partial charge in [-0.05, 0) is 118 Å². The molecule has 2 amide bonds. The Morgan fingerprint density at radius 3 is 2.44 bits per heavy atom. The zero-order chi connectivity index (χ0) is 51.5. The maximum Gasteiger partial charge on any atom is 0.243 e. The molecule has 1 aliphatic carbocycles. The first-order chi connectivity index (χ1) is 36.4. The van der Waals surface area contributed by atoms with Crippen LogP contribution in [0.15, 0.2) is 83.1 Å². The average Bonchev–Trinajstić information content (AvgIpc) is 4.25. The maximum absolute atomic E-state index is 14.4. The summed E-state index contributed by atoms with van der Waals surface area (Å²) >= 11 is 1.60. The maximum atomic E-state index is 14.4. The van der Waals surface area contributed by atoms with E-state index in [0.717, 1.165) is 115 Å². The molecule has 2 aromatic carbocycles. The van der Waals surface area contributed by atoms with Crippen molar-refractivity contribution >= 4 is 46.0 Å². The van der Waals surface area contributed by atoms with E-state index in [9.17, 15) is 19.8 Å². The number of benzene rings is 2. The number of amides is 2. The lowest BCUT2D eigenvalue weighted by atomic mass is 9.59. The molecular weight excluding hydrogens is 965 g/mol. The van der Waals surface area contributed by atoms with E-state index in [4.69, 9.17) is 14.5 Å². The lowest BCUT2D eigenvalue weighted by Gasteiger charge is -2.56. The SMILES string of the molecule is Cc1ncsc1-c1ccc(CNC(=O)[C@@H]2C[C@@H](O)CN2C(=O)C(c2cc(N3CCC4(CC3)CC(N3CCC(c5cnc(N6CCc7[nH]c8nnc(-c9ccccc9O)cc8c7[C@H]6C)nc5)CC3)C4)no2)C(C)C)cc1. The molecule has 1 unspecified atom stereocenters. The number of aromatic hydroxyl groups is 1. The molecule has 4 N–H and O–H groups in total. The lowest BCUT2D eigenvalue weighted by Crippen LogP contribution is -2.56. The Morgan fingerprint density at radius 2 is 1.72 bits per heavy atom. The molecule has 12 rings (SSSR count). The Labute approximate surface area is 440 Å². The van der Waals surface area contributed by atoms with Crippen LogP contribution < -0.4 is 15.1 Å². The number of hydrogen-bond acceptors (Lipinski definition) is 15. The van der Waals surface area contributed by atoms with Gasteiger partial charge in [0.25, 0.3) is 0 Å². The number of phenolic OH excluding ortho intramolecular Hbond substituents is 1. The third-order valence-corrected chi connectivity index (χ3v) is 18.3. The number of hydrogen-bond donors (Lipinski definition) is 4. The van der Waals surface area contributed by atoms with Gasteiger partial charge in [0, 0.05) is 92.3 Å². The van der Waals surface area contributed by atoms with E-state index >= 15 is 0 Å². The number of aromatic amines is 1. The number of aromatic nitrogens is 7. The fourth-order valence-corrected chi connectivity index (χ4v) is 13.8. The number of β-amino-alcohol motifs (C(OH)–C–C–N with tert-alkyl or cyclic N) is 1. The summed E-state index contributed by atoms with van der Waals surface area (Å²) in [6.45, 7) is 13.3. The van der Waals surface area contributed by atoms with E-state index in [1.807, 2.05) is 74.8 Å². The van der Waals surface area contributed by atoms with Crippen molar-refractivity contribution in [3.05, 3.63) is 112 Å². The minimum Gasteiger partial charge on any atom is -0.507 e. The van der Waals surface area contributed by atoms with Crippen LogP contribution in [0.5, 0.6) is 5.75 Å². The number of nitrogens with one attached hydrogen (secondary N) is 2. The van der Waals surface area contributed by atoms with Crippen LogP contribution in [-0.2, 0) is 22.6 Å². The molecule has 7 aromatic rings. The van der Waals surface area contributed by atoms with Gasteiger partial charge in [-0.3, -0.25) is 9.59 Å². The van der Waals surface area contributed by atoms with Crippen molar-refractivity contribution in [1.29, 1.82) is 0 Å². The van der Waals surface area contributed by atoms with E-state index in [2.05, 4.69) is 64.7 Å². The molecule has 17 nitrogen and oxygen atoms in total. The Balaban J connectivity index is 0.611. The van der Waals surface area contributed by atoms with Gasteiger partial charge >= 0.3 is 0 Å².